The molecule has 0 unspecified atom stereocenters. The molecule has 4 aromatic carbocycles. The normalized spacial score (nSPS) is 11.8. The summed E-state index contributed by atoms with van der Waals surface area (Å²) in [6, 6.07) is 23.2. The molecule has 0 spiro atoms. The number of nitrogens with one attached hydrogen (secondary N) is 1. The molecule has 5 aromatic rings. The third kappa shape index (κ3) is 1.44. The average molecular weight is 277 g/mol. The lowest BCUT2D eigenvalue weighted by atomic mass is 9.92. The fourth-order valence-corrected chi connectivity index (χ4v) is 3.56. The van der Waals surface area contributed by atoms with Gasteiger partial charge in [-0.05, 0) is 22.2 Å². The van der Waals surface area contributed by atoms with Gasteiger partial charge in [-0.25, -0.2) is 0 Å². The SMILES string of the molecule is [B]c1ccc2[nH]c3c4ccccc4c4ccccc4c3c2c1. The van der Waals surface area contributed by atoms with E-state index >= 15 is 0 Å². The van der Waals surface area contributed by atoms with Crippen molar-refractivity contribution in [3.8, 4) is 0 Å². The summed E-state index contributed by atoms with van der Waals surface area (Å²) in [5, 5.41) is 7.55. The highest BCUT2D eigenvalue weighted by Crippen LogP contribution is 2.38. The molecule has 0 saturated heterocycles. The van der Waals surface area contributed by atoms with Gasteiger partial charge in [0.2, 0.25) is 0 Å². The van der Waals surface area contributed by atoms with Crippen molar-refractivity contribution in [1.82, 2.24) is 4.98 Å². The number of hydrogen-bond acceptors (Lipinski definition) is 0. The van der Waals surface area contributed by atoms with Gasteiger partial charge in [-0.3, -0.25) is 0 Å². The summed E-state index contributed by atoms with van der Waals surface area (Å²) in [4.78, 5) is 3.58. The van der Waals surface area contributed by atoms with Gasteiger partial charge in [-0.1, -0.05) is 66.1 Å². The fourth-order valence-electron chi connectivity index (χ4n) is 3.56. The summed E-state index contributed by atoms with van der Waals surface area (Å²) in [6.07, 6.45) is 0. The number of benzene rings is 4. The van der Waals surface area contributed by atoms with Crippen LogP contribution in [-0.4, -0.2) is 12.8 Å². The first-order valence-corrected chi connectivity index (χ1v) is 7.43. The van der Waals surface area contributed by atoms with E-state index in [1.807, 2.05) is 6.07 Å². The van der Waals surface area contributed by atoms with Crippen molar-refractivity contribution in [2.45, 2.75) is 0 Å². The number of rotatable bonds is 0. The van der Waals surface area contributed by atoms with Gasteiger partial charge in [0, 0.05) is 21.7 Å². The molecule has 1 heterocycles. The van der Waals surface area contributed by atoms with Gasteiger partial charge in [-0.2, -0.15) is 0 Å². The fraction of sp³-hybridized carbons (Fsp3) is 0. The molecule has 0 amide bonds. The second kappa shape index (κ2) is 4.14. The summed E-state index contributed by atoms with van der Waals surface area (Å²) in [5.74, 6) is 0. The van der Waals surface area contributed by atoms with E-state index in [1.54, 1.807) is 0 Å². The first-order chi connectivity index (χ1) is 10.8. The lowest BCUT2D eigenvalue weighted by Gasteiger charge is -2.07. The predicted octanol–water partition coefficient (Wildman–Crippen LogP) is 4.42. The van der Waals surface area contributed by atoms with Crippen LogP contribution in [-0.2, 0) is 0 Å². The van der Waals surface area contributed by atoms with Crippen LogP contribution in [0.4, 0.5) is 0 Å². The van der Waals surface area contributed by atoms with Crippen molar-refractivity contribution >= 4 is 56.7 Å². The molecule has 2 radical (unpaired) electrons. The molecule has 0 fully saturated rings. The highest BCUT2D eigenvalue weighted by molar-refractivity contribution is 6.36. The molecule has 0 aliphatic heterocycles. The molecule has 22 heavy (non-hydrogen) atoms. The molecule has 5 rings (SSSR count). The molecule has 0 saturated carbocycles. The summed E-state index contributed by atoms with van der Waals surface area (Å²) in [5.41, 5.74) is 3.12. The predicted molar refractivity (Wildman–Crippen MR) is 96.2 cm³/mol. The average Bonchev–Trinajstić information content (AvgIpc) is 2.94. The van der Waals surface area contributed by atoms with Gasteiger partial charge < -0.3 is 4.98 Å². The first kappa shape index (κ1) is 11.9. The molecule has 100 valence electrons. The van der Waals surface area contributed by atoms with Crippen LogP contribution in [0.1, 0.15) is 0 Å². The van der Waals surface area contributed by atoms with Crippen LogP contribution >= 0.6 is 0 Å². The molecule has 0 bridgehead atoms. The largest absolute Gasteiger partial charge is 0.354 e. The Morgan fingerprint density at radius 3 is 2.05 bits per heavy atom. The van der Waals surface area contributed by atoms with Crippen molar-refractivity contribution in [2.75, 3.05) is 0 Å². The summed E-state index contributed by atoms with van der Waals surface area (Å²) >= 11 is 0. The highest BCUT2D eigenvalue weighted by Gasteiger charge is 2.12. The minimum atomic E-state index is 0.797. The van der Waals surface area contributed by atoms with Crippen molar-refractivity contribution < 1.29 is 0 Å². The van der Waals surface area contributed by atoms with Gasteiger partial charge in [0.05, 0.1) is 5.52 Å². The number of H-pyrrole nitrogens is 1. The number of fused-ring (bicyclic) bond motifs is 8. The quantitative estimate of drug-likeness (QED) is 0.318. The Hall–Kier alpha value is -2.74. The van der Waals surface area contributed by atoms with Gasteiger partial charge in [0.15, 0.2) is 0 Å². The first-order valence-electron chi connectivity index (χ1n) is 7.43. The minimum absolute atomic E-state index is 0.797. The summed E-state index contributed by atoms with van der Waals surface area (Å²) in [6.45, 7) is 0. The topological polar surface area (TPSA) is 15.8 Å². The van der Waals surface area contributed by atoms with Crippen LogP contribution in [0.2, 0.25) is 0 Å². The molecule has 0 atom stereocenters. The smallest absolute Gasteiger partial charge is 0.113 e. The van der Waals surface area contributed by atoms with Crippen LogP contribution in [0.3, 0.4) is 0 Å². The lowest BCUT2D eigenvalue weighted by Crippen LogP contribution is -1.98. The molecule has 0 aliphatic rings. The van der Waals surface area contributed by atoms with Gasteiger partial charge in [-0.15, -0.1) is 0 Å². The van der Waals surface area contributed by atoms with Gasteiger partial charge >= 0.3 is 0 Å². The van der Waals surface area contributed by atoms with E-state index in [1.165, 1.54) is 37.8 Å². The zero-order valence-electron chi connectivity index (χ0n) is 11.9. The Bertz CT molecular complexity index is 1180. The van der Waals surface area contributed by atoms with Crippen molar-refractivity contribution in [2.24, 2.45) is 0 Å². The minimum Gasteiger partial charge on any atom is -0.354 e. The zero-order valence-corrected chi connectivity index (χ0v) is 11.9. The lowest BCUT2D eigenvalue weighted by molar-refractivity contribution is 1.57. The Morgan fingerprint density at radius 1 is 0.636 bits per heavy atom. The van der Waals surface area contributed by atoms with E-state index in [4.69, 9.17) is 7.85 Å². The second-order valence-electron chi connectivity index (χ2n) is 5.77. The van der Waals surface area contributed by atoms with Crippen molar-refractivity contribution in [1.29, 1.82) is 0 Å². The maximum Gasteiger partial charge on any atom is 0.113 e. The van der Waals surface area contributed by atoms with Crippen molar-refractivity contribution in [3.63, 3.8) is 0 Å². The Labute approximate surface area is 129 Å². The summed E-state index contributed by atoms with van der Waals surface area (Å²) in [7, 11) is 6.02. The van der Waals surface area contributed by atoms with Crippen LogP contribution in [0.15, 0.2) is 66.7 Å². The molecule has 0 aliphatic carbocycles. The maximum atomic E-state index is 6.02. The van der Waals surface area contributed by atoms with E-state index in [9.17, 15) is 0 Å². The number of hydrogen-bond donors (Lipinski definition) is 1. The Balaban J connectivity index is 2.22. The van der Waals surface area contributed by atoms with Crippen LogP contribution in [0, 0.1) is 0 Å². The molecule has 1 aromatic heterocycles. The third-order valence-corrected chi connectivity index (χ3v) is 4.51. The second-order valence-corrected chi connectivity index (χ2v) is 5.77. The Morgan fingerprint density at radius 2 is 1.27 bits per heavy atom. The summed E-state index contributed by atoms with van der Waals surface area (Å²) < 4.78 is 0. The Kier molecular flexibility index (Phi) is 2.23. The third-order valence-electron chi connectivity index (χ3n) is 4.51. The standard InChI is InChI=1S/C20H12BN/c21-12-9-10-18-17(11-12)19-15-7-3-1-5-13(15)14-6-2-4-8-16(14)20(19)22-18/h1-11,22H. The van der Waals surface area contributed by atoms with Gasteiger partial charge in [0.25, 0.3) is 0 Å². The highest BCUT2D eigenvalue weighted by atomic mass is 14.7. The maximum absolute atomic E-state index is 6.02. The van der Waals surface area contributed by atoms with E-state index < -0.39 is 0 Å². The molecule has 1 N–H and O–H groups in total. The van der Waals surface area contributed by atoms with E-state index in [0.717, 1.165) is 11.0 Å². The number of aromatic amines is 1. The van der Waals surface area contributed by atoms with Crippen LogP contribution < -0.4 is 5.46 Å². The molecule has 2 heteroatoms. The van der Waals surface area contributed by atoms with E-state index in [0.29, 0.717) is 0 Å². The van der Waals surface area contributed by atoms with Crippen LogP contribution in [0.25, 0.3) is 43.4 Å². The van der Waals surface area contributed by atoms with E-state index in [-0.39, 0.29) is 0 Å². The number of aromatic nitrogens is 1. The monoisotopic (exact) mass is 277 g/mol. The molecular weight excluding hydrogens is 265 g/mol. The van der Waals surface area contributed by atoms with Crippen LogP contribution in [0.5, 0.6) is 0 Å². The van der Waals surface area contributed by atoms with Gasteiger partial charge in [0.1, 0.15) is 7.85 Å². The van der Waals surface area contributed by atoms with E-state index in [2.05, 4.69) is 65.6 Å². The zero-order chi connectivity index (χ0) is 14.7. The molecular formula is C20H12BN. The molecule has 1 nitrogen and oxygen atoms in total. The van der Waals surface area contributed by atoms with Crippen molar-refractivity contribution in [3.05, 3.63) is 66.7 Å².